The summed E-state index contributed by atoms with van der Waals surface area (Å²) in [5.74, 6) is 0. The molecule has 1 saturated heterocycles. The molecule has 94 valence electrons. The Morgan fingerprint density at radius 1 is 1.24 bits per heavy atom. The Kier molecular flexibility index (Phi) is 3.43. The lowest BCUT2D eigenvalue weighted by atomic mass is 9.85. The van der Waals surface area contributed by atoms with Crippen molar-refractivity contribution < 1.29 is 0 Å². The minimum Gasteiger partial charge on any atom is -0.368 e. The number of hydrogen-bond acceptors (Lipinski definition) is 2. The Balaban J connectivity index is 2.15. The Hall–Kier alpha value is -1.02. The minimum atomic E-state index is 0.321. The maximum absolute atomic E-state index is 3.64. The lowest BCUT2D eigenvalue weighted by Crippen LogP contribution is -2.56. The van der Waals surface area contributed by atoms with Crippen LogP contribution in [0.25, 0.3) is 0 Å². The zero-order valence-corrected chi connectivity index (χ0v) is 11.5. The number of aryl methyl sites for hydroxylation is 1. The van der Waals surface area contributed by atoms with E-state index in [0.717, 1.165) is 19.6 Å². The summed E-state index contributed by atoms with van der Waals surface area (Å²) in [4.78, 5) is 2.52. The molecular weight excluding hydrogens is 208 g/mol. The van der Waals surface area contributed by atoms with Gasteiger partial charge in [-0.2, -0.15) is 0 Å². The molecule has 0 bridgehead atoms. The van der Waals surface area contributed by atoms with Crippen molar-refractivity contribution in [2.75, 3.05) is 24.5 Å². The SMILES string of the molecule is Cc1ccccc1N1CCNC(C(C)(C)C)C1. The summed E-state index contributed by atoms with van der Waals surface area (Å²) < 4.78 is 0. The van der Waals surface area contributed by atoms with E-state index in [1.165, 1.54) is 11.3 Å². The topological polar surface area (TPSA) is 15.3 Å². The molecule has 0 aliphatic carbocycles. The van der Waals surface area contributed by atoms with Gasteiger partial charge in [-0.15, -0.1) is 0 Å². The van der Waals surface area contributed by atoms with E-state index in [0.29, 0.717) is 11.5 Å². The standard InChI is InChI=1S/C15H24N2/c1-12-7-5-6-8-13(12)17-10-9-16-14(11-17)15(2,3)4/h5-8,14,16H,9-11H2,1-4H3. The summed E-state index contributed by atoms with van der Waals surface area (Å²) in [6, 6.07) is 9.25. The largest absolute Gasteiger partial charge is 0.368 e. The number of hydrogen-bond donors (Lipinski definition) is 1. The van der Waals surface area contributed by atoms with Crippen LogP contribution in [-0.4, -0.2) is 25.7 Å². The molecule has 2 heteroatoms. The van der Waals surface area contributed by atoms with Crippen LogP contribution in [0.2, 0.25) is 0 Å². The van der Waals surface area contributed by atoms with Gasteiger partial charge in [0.1, 0.15) is 0 Å². The zero-order valence-electron chi connectivity index (χ0n) is 11.5. The van der Waals surface area contributed by atoms with Crippen molar-refractivity contribution in [1.82, 2.24) is 5.32 Å². The molecule has 0 amide bonds. The molecule has 1 fully saturated rings. The van der Waals surface area contributed by atoms with Gasteiger partial charge in [0.15, 0.2) is 0 Å². The monoisotopic (exact) mass is 232 g/mol. The Labute approximate surface area is 105 Å². The first kappa shape index (κ1) is 12.4. The summed E-state index contributed by atoms with van der Waals surface area (Å²) in [7, 11) is 0. The van der Waals surface area contributed by atoms with E-state index in [9.17, 15) is 0 Å². The quantitative estimate of drug-likeness (QED) is 0.801. The Morgan fingerprint density at radius 3 is 2.59 bits per heavy atom. The number of nitrogens with zero attached hydrogens (tertiary/aromatic N) is 1. The molecule has 0 spiro atoms. The molecule has 1 N–H and O–H groups in total. The lowest BCUT2D eigenvalue weighted by Gasteiger charge is -2.42. The summed E-state index contributed by atoms with van der Waals surface area (Å²) in [5, 5.41) is 3.64. The van der Waals surface area contributed by atoms with E-state index in [1.807, 2.05) is 0 Å². The van der Waals surface area contributed by atoms with Gasteiger partial charge in [-0.1, -0.05) is 39.0 Å². The highest BCUT2D eigenvalue weighted by atomic mass is 15.2. The second kappa shape index (κ2) is 4.69. The van der Waals surface area contributed by atoms with Crippen molar-refractivity contribution in [3.8, 4) is 0 Å². The first-order chi connectivity index (χ1) is 7.98. The predicted molar refractivity (Wildman–Crippen MR) is 74.6 cm³/mol. The second-order valence-corrected chi connectivity index (χ2v) is 6.11. The molecule has 0 radical (unpaired) electrons. The van der Waals surface area contributed by atoms with Crippen molar-refractivity contribution in [3.05, 3.63) is 29.8 Å². The van der Waals surface area contributed by atoms with Crippen LogP contribution in [-0.2, 0) is 0 Å². The van der Waals surface area contributed by atoms with Gasteiger partial charge >= 0.3 is 0 Å². The van der Waals surface area contributed by atoms with Crippen LogP contribution in [0.5, 0.6) is 0 Å². The third-order valence-electron chi connectivity index (χ3n) is 3.68. The molecule has 0 saturated carbocycles. The summed E-state index contributed by atoms with van der Waals surface area (Å²) in [6.07, 6.45) is 0. The average molecular weight is 232 g/mol. The van der Waals surface area contributed by atoms with Gasteiger partial charge < -0.3 is 10.2 Å². The highest BCUT2D eigenvalue weighted by Crippen LogP contribution is 2.26. The third kappa shape index (κ3) is 2.81. The van der Waals surface area contributed by atoms with E-state index in [-0.39, 0.29) is 0 Å². The third-order valence-corrected chi connectivity index (χ3v) is 3.68. The van der Waals surface area contributed by atoms with E-state index in [1.54, 1.807) is 0 Å². The van der Waals surface area contributed by atoms with Crippen molar-refractivity contribution >= 4 is 5.69 Å². The van der Waals surface area contributed by atoms with Gasteiger partial charge in [0.25, 0.3) is 0 Å². The first-order valence-electron chi connectivity index (χ1n) is 6.52. The smallest absolute Gasteiger partial charge is 0.0396 e. The minimum absolute atomic E-state index is 0.321. The van der Waals surface area contributed by atoms with Crippen LogP contribution >= 0.6 is 0 Å². The molecular formula is C15H24N2. The van der Waals surface area contributed by atoms with Gasteiger partial charge in [-0.05, 0) is 24.0 Å². The van der Waals surface area contributed by atoms with Crippen LogP contribution in [0.1, 0.15) is 26.3 Å². The maximum Gasteiger partial charge on any atom is 0.0396 e. The Morgan fingerprint density at radius 2 is 1.94 bits per heavy atom. The van der Waals surface area contributed by atoms with Gasteiger partial charge in [0.2, 0.25) is 0 Å². The van der Waals surface area contributed by atoms with Crippen molar-refractivity contribution in [2.24, 2.45) is 5.41 Å². The molecule has 1 aliphatic heterocycles. The Bertz CT molecular complexity index is 379. The second-order valence-electron chi connectivity index (χ2n) is 6.11. The van der Waals surface area contributed by atoms with Crippen molar-refractivity contribution in [1.29, 1.82) is 0 Å². The van der Waals surface area contributed by atoms with E-state index >= 15 is 0 Å². The summed E-state index contributed by atoms with van der Waals surface area (Å²) in [5.41, 5.74) is 3.09. The predicted octanol–water partition coefficient (Wildman–Crippen LogP) is 2.82. The number of benzene rings is 1. The van der Waals surface area contributed by atoms with Gasteiger partial charge in [-0.3, -0.25) is 0 Å². The number of para-hydroxylation sites is 1. The zero-order chi connectivity index (χ0) is 12.5. The summed E-state index contributed by atoms with van der Waals surface area (Å²) in [6.45, 7) is 12.4. The molecule has 1 atom stereocenters. The number of anilines is 1. The van der Waals surface area contributed by atoms with Crippen LogP contribution in [0, 0.1) is 12.3 Å². The molecule has 1 aromatic carbocycles. The molecule has 0 aromatic heterocycles. The maximum atomic E-state index is 3.64. The number of rotatable bonds is 1. The first-order valence-corrected chi connectivity index (χ1v) is 6.52. The molecule has 2 rings (SSSR count). The fourth-order valence-corrected chi connectivity index (χ4v) is 2.47. The lowest BCUT2D eigenvalue weighted by molar-refractivity contribution is 0.254. The molecule has 1 heterocycles. The van der Waals surface area contributed by atoms with E-state index in [4.69, 9.17) is 0 Å². The molecule has 2 nitrogen and oxygen atoms in total. The van der Waals surface area contributed by atoms with Crippen LogP contribution in [0.15, 0.2) is 24.3 Å². The van der Waals surface area contributed by atoms with Crippen LogP contribution < -0.4 is 10.2 Å². The summed E-state index contributed by atoms with van der Waals surface area (Å²) >= 11 is 0. The molecule has 17 heavy (non-hydrogen) atoms. The number of nitrogens with one attached hydrogen (secondary N) is 1. The molecule has 1 unspecified atom stereocenters. The fraction of sp³-hybridized carbons (Fsp3) is 0.600. The highest BCUT2D eigenvalue weighted by molar-refractivity contribution is 5.53. The van der Waals surface area contributed by atoms with Gasteiger partial charge in [0, 0.05) is 31.4 Å². The van der Waals surface area contributed by atoms with E-state index in [2.05, 4.69) is 62.2 Å². The normalized spacial score (nSPS) is 21.6. The van der Waals surface area contributed by atoms with E-state index < -0.39 is 0 Å². The van der Waals surface area contributed by atoms with Crippen LogP contribution in [0.4, 0.5) is 5.69 Å². The molecule has 1 aromatic rings. The van der Waals surface area contributed by atoms with Crippen molar-refractivity contribution in [3.63, 3.8) is 0 Å². The number of piperazine rings is 1. The fourth-order valence-electron chi connectivity index (χ4n) is 2.47. The highest BCUT2D eigenvalue weighted by Gasteiger charge is 2.29. The van der Waals surface area contributed by atoms with Gasteiger partial charge in [0.05, 0.1) is 0 Å². The van der Waals surface area contributed by atoms with Gasteiger partial charge in [-0.25, -0.2) is 0 Å². The van der Waals surface area contributed by atoms with Crippen LogP contribution in [0.3, 0.4) is 0 Å². The van der Waals surface area contributed by atoms with Crippen molar-refractivity contribution in [2.45, 2.75) is 33.7 Å². The average Bonchev–Trinajstić information content (AvgIpc) is 2.29. The molecule has 1 aliphatic rings.